The van der Waals surface area contributed by atoms with Gasteiger partial charge in [-0.25, -0.2) is 8.42 Å². The largest absolute Gasteiger partial charge is 0.483 e. The van der Waals surface area contributed by atoms with Crippen molar-refractivity contribution >= 4 is 21.6 Å². The average Bonchev–Trinajstić information content (AvgIpc) is 2.75. The fourth-order valence-electron chi connectivity index (χ4n) is 3.59. The summed E-state index contributed by atoms with van der Waals surface area (Å²) in [6.07, 6.45) is 0. The monoisotopic (exact) mass is 465 g/mol. The number of benzene rings is 3. The van der Waals surface area contributed by atoms with Gasteiger partial charge >= 0.3 is 0 Å². The van der Waals surface area contributed by atoms with E-state index in [1.54, 1.807) is 31.2 Å². The number of carbonyl (C=O) groups is 1. The molecule has 6 heteroatoms. The van der Waals surface area contributed by atoms with Crippen molar-refractivity contribution in [3.05, 3.63) is 89.0 Å². The molecule has 0 atom stereocenters. The van der Waals surface area contributed by atoms with Crippen molar-refractivity contribution in [3.63, 3.8) is 0 Å². The minimum absolute atomic E-state index is 0.0463. The zero-order valence-electron chi connectivity index (χ0n) is 20.0. The molecule has 0 N–H and O–H groups in total. The van der Waals surface area contributed by atoms with E-state index in [1.807, 2.05) is 44.2 Å². The summed E-state index contributed by atoms with van der Waals surface area (Å²) in [6.45, 7) is 11.4. The molecule has 3 rings (SSSR count). The molecule has 5 nitrogen and oxygen atoms in total. The van der Waals surface area contributed by atoms with Gasteiger partial charge in [0.05, 0.1) is 10.6 Å². The van der Waals surface area contributed by atoms with Crippen LogP contribution in [0.1, 0.15) is 43.0 Å². The Balaban J connectivity index is 2.03. The molecule has 0 aromatic heterocycles. The smallest absolute Gasteiger partial charge is 0.278 e. The van der Waals surface area contributed by atoms with Crippen LogP contribution in [-0.4, -0.2) is 20.9 Å². The fourth-order valence-corrected chi connectivity index (χ4v) is 5.08. The molecule has 0 heterocycles. The van der Waals surface area contributed by atoms with Gasteiger partial charge in [-0.3, -0.25) is 4.79 Å². The second kappa shape index (κ2) is 9.40. The van der Waals surface area contributed by atoms with Gasteiger partial charge in [0.15, 0.2) is 6.61 Å². The van der Waals surface area contributed by atoms with Crippen LogP contribution in [0.3, 0.4) is 0 Å². The van der Waals surface area contributed by atoms with Crippen molar-refractivity contribution in [3.8, 4) is 5.75 Å². The van der Waals surface area contributed by atoms with Crippen molar-refractivity contribution in [1.29, 1.82) is 0 Å². The van der Waals surface area contributed by atoms with Crippen LogP contribution < -0.4 is 9.04 Å². The lowest BCUT2D eigenvalue weighted by atomic mass is 9.85. The molecule has 3 aromatic carbocycles. The first-order chi connectivity index (χ1) is 15.4. The van der Waals surface area contributed by atoms with Gasteiger partial charge in [0.2, 0.25) is 0 Å². The van der Waals surface area contributed by atoms with E-state index in [-0.39, 0.29) is 10.3 Å². The molecule has 0 saturated heterocycles. The number of carbonyl (C=O) groups excluding carboxylic acids is 1. The minimum Gasteiger partial charge on any atom is -0.483 e. The number of aryl methyl sites for hydroxylation is 3. The van der Waals surface area contributed by atoms with E-state index in [1.165, 1.54) is 12.1 Å². The summed E-state index contributed by atoms with van der Waals surface area (Å²) in [5.74, 6) is -0.0903. The van der Waals surface area contributed by atoms with Gasteiger partial charge in [-0.1, -0.05) is 68.8 Å². The van der Waals surface area contributed by atoms with E-state index in [2.05, 4.69) is 20.8 Å². The molecule has 1 amide bonds. The molecule has 0 aliphatic heterocycles. The Morgan fingerprint density at radius 1 is 0.879 bits per heavy atom. The van der Waals surface area contributed by atoms with Gasteiger partial charge in [-0.2, -0.15) is 4.31 Å². The molecule has 0 aliphatic carbocycles. The maximum atomic E-state index is 13.6. The minimum atomic E-state index is -4.14. The van der Waals surface area contributed by atoms with Crippen LogP contribution in [0.5, 0.6) is 5.75 Å². The van der Waals surface area contributed by atoms with Gasteiger partial charge in [0.1, 0.15) is 5.75 Å². The van der Waals surface area contributed by atoms with Crippen molar-refractivity contribution in [2.45, 2.75) is 51.9 Å². The third-order valence-electron chi connectivity index (χ3n) is 5.39. The molecule has 0 bridgehead atoms. The predicted octanol–water partition coefficient (Wildman–Crippen LogP) is 5.71. The number of nitrogens with zero attached hydrogens (tertiary/aromatic N) is 1. The normalized spacial score (nSPS) is 11.8. The van der Waals surface area contributed by atoms with Gasteiger partial charge < -0.3 is 4.74 Å². The summed E-state index contributed by atoms with van der Waals surface area (Å²) in [6, 6.07) is 19.2. The van der Waals surface area contributed by atoms with Gasteiger partial charge in [-0.15, -0.1) is 0 Å². The van der Waals surface area contributed by atoms with Crippen LogP contribution in [0.4, 0.5) is 5.69 Å². The molecule has 0 radical (unpaired) electrons. The lowest BCUT2D eigenvalue weighted by molar-refractivity contribution is -0.119. The fraction of sp³-hybridized carbons (Fsp3) is 0.296. The van der Waals surface area contributed by atoms with Crippen LogP contribution in [0.25, 0.3) is 0 Å². The molecule has 0 unspecified atom stereocenters. The zero-order chi connectivity index (χ0) is 24.4. The number of sulfonamides is 1. The van der Waals surface area contributed by atoms with E-state index >= 15 is 0 Å². The highest BCUT2D eigenvalue weighted by atomic mass is 32.2. The number of amides is 1. The molecule has 0 saturated carbocycles. The Bertz CT molecular complexity index is 1260. The highest BCUT2D eigenvalue weighted by Gasteiger charge is 2.32. The summed E-state index contributed by atoms with van der Waals surface area (Å²) in [7, 11) is -4.14. The zero-order valence-corrected chi connectivity index (χ0v) is 20.9. The van der Waals surface area contributed by atoms with Crippen LogP contribution >= 0.6 is 0 Å². The summed E-state index contributed by atoms with van der Waals surface area (Å²) in [4.78, 5) is 13.5. The molecule has 33 heavy (non-hydrogen) atoms. The third-order valence-corrected chi connectivity index (χ3v) is 7.13. The molecule has 0 aliphatic rings. The number of rotatable bonds is 6. The highest BCUT2D eigenvalue weighted by molar-refractivity contribution is 7.93. The molecule has 0 spiro atoms. The van der Waals surface area contributed by atoms with Crippen molar-refractivity contribution in [1.82, 2.24) is 0 Å². The Morgan fingerprint density at radius 2 is 1.48 bits per heavy atom. The third kappa shape index (κ3) is 5.45. The van der Waals surface area contributed by atoms with Crippen molar-refractivity contribution in [2.75, 3.05) is 10.9 Å². The van der Waals surface area contributed by atoms with E-state index < -0.39 is 22.5 Å². The number of ether oxygens (including phenoxy) is 1. The van der Waals surface area contributed by atoms with E-state index in [0.717, 1.165) is 21.0 Å². The number of hydrogen-bond donors (Lipinski definition) is 0. The second-order valence-corrected chi connectivity index (χ2v) is 11.1. The number of anilines is 1. The first kappa shape index (κ1) is 24.5. The van der Waals surface area contributed by atoms with Crippen LogP contribution in [0.15, 0.2) is 71.6 Å². The molecular formula is C27H31NO4S. The number of hydrogen-bond acceptors (Lipinski definition) is 4. The van der Waals surface area contributed by atoms with Crippen LogP contribution in [-0.2, 0) is 20.2 Å². The SMILES string of the molecule is Cc1ccc(C)c(N(C(=O)COc2ccc(C)cc2C(C)(C)C)S(=O)(=O)c2ccccc2)c1. The Morgan fingerprint density at radius 3 is 2.12 bits per heavy atom. The maximum Gasteiger partial charge on any atom is 0.278 e. The topological polar surface area (TPSA) is 63.7 Å². The van der Waals surface area contributed by atoms with Gasteiger partial charge in [-0.05, 0) is 67.1 Å². The Kier molecular flexibility index (Phi) is 6.98. The Hall–Kier alpha value is -3.12. The molecular weight excluding hydrogens is 434 g/mol. The second-order valence-electron chi connectivity index (χ2n) is 9.30. The van der Waals surface area contributed by atoms with Crippen LogP contribution in [0, 0.1) is 20.8 Å². The van der Waals surface area contributed by atoms with Gasteiger partial charge in [0, 0.05) is 0 Å². The molecule has 174 valence electrons. The summed E-state index contributed by atoms with van der Waals surface area (Å²) < 4.78 is 33.9. The lowest BCUT2D eigenvalue weighted by Crippen LogP contribution is -2.40. The molecule has 0 fully saturated rings. The Labute approximate surface area is 197 Å². The quantitative estimate of drug-likeness (QED) is 0.468. The summed E-state index contributed by atoms with van der Waals surface area (Å²) >= 11 is 0. The highest BCUT2D eigenvalue weighted by Crippen LogP contribution is 2.33. The first-order valence-corrected chi connectivity index (χ1v) is 12.3. The van der Waals surface area contributed by atoms with Gasteiger partial charge in [0.25, 0.3) is 15.9 Å². The van der Waals surface area contributed by atoms with Crippen molar-refractivity contribution in [2.24, 2.45) is 0 Å². The molecule has 3 aromatic rings. The first-order valence-electron chi connectivity index (χ1n) is 10.9. The maximum absolute atomic E-state index is 13.6. The lowest BCUT2D eigenvalue weighted by Gasteiger charge is -2.26. The predicted molar refractivity (Wildman–Crippen MR) is 132 cm³/mol. The van der Waals surface area contributed by atoms with E-state index in [9.17, 15) is 13.2 Å². The van der Waals surface area contributed by atoms with E-state index in [4.69, 9.17) is 4.74 Å². The van der Waals surface area contributed by atoms with E-state index in [0.29, 0.717) is 17.0 Å². The summed E-state index contributed by atoms with van der Waals surface area (Å²) in [5.41, 5.74) is 3.70. The van der Waals surface area contributed by atoms with Crippen molar-refractivity contribution < 1.29 is 17.9 Å². The average molecular weight is 466 g/mol. The van der Waals surface area contributed by atoms with Crippen LogP contribution in [0.2, 0.25) is 0 Å². The summed E-state index contributed by atoms with van der Waals surface area (Å²) in [5, 5.41) is 0. The standard InChI is InChI=1S/C27H31NO4S/c1-19-13-15-25(23(16-19)27(4,5)6)32-18-26(29)28(24-17-20(2)12-14-21(24)3)33(30,31)22-10-8-7-9-11-22/h7-17H,18H2,1-6H3.